The van der Waals surface area contributed by atoms with Gasteiger partial charge in [0.1, 0.15) is 17.0 Å². The highest BCUT2D eigenvalue weighted by molar-refractivity contribution is 7.13. The maximum Gasteiger partial charge on any atom is 0.526 e. The fraction of sp³-hybridized carbons (Fsp3) is 0.368. The Balaban J connectivity index is 1.84. The van der Waals surface area contributed by atoms with Crippen molar-refractivity contribution in [2.75, 3.05) is 19.3 Å². The lowest BCUT2D eigenvalue weighted by atomic mass is 9.64. The number of nitrogens with zero attached hydrogens (tertiary/aromatic N) is 3. The molecule has 1 aromatic carbocycles. The molecule has 0 amide bonds. The molecule has 0 bridgehead atoms. The van der Waals surface area contributed by atoms with Crippen LogP contribution in [0.25, 0.3) is 0 Å². The van der Waals surface area contributed by atoms with Crippen molar-refractivity contribution in [1.82, 2.24) is 9.88 Å². The van der Waals surface area contributed by atoms with Gasteiger partial charge in [-0.15, -0.1) is 11.3 Å². The molecule has 2 heterocycles. The number of nitrogens with two attached hydrogens (primary N) is 1. The third-order valence-electron chi connectivity index (χ3n) is 5.22. The van der Waals surface area contributed by atoms with Crippen LogP contribution in [0.5, 0.6) is 5.75 Å². The first-order valence-electron chi connectivity index (χ1n) is 9.63. The van der Waals surface area contributed by atoms with E-state index in [-0.39, 0.29) is 40.7 Å². The van der Waals surface area contributed by atoms with Crippen molar-refractivity contribution >= 4 is 41.1 Å². The van der Waals surface area contributed by atoms with Crippen LogP contribution in [-0.4, -0.2) is 63.4 Å². The van der Waals surface area contributed by atoms with Gasteiger partial charge in [0, 0.05) is 24.2 Å². The van der Waals surface area contributed by atoms with Crippen LogP contribution in [0.4, 0.5) is 5.13 Å². The molecule has 1 atom stereocenters. The van der Waals surface area contributed by atoms with Crippen molar-refractivity contribution in [2.24, 2.45) is 5.16 Å². The van der Waals surface area contributed by atoms with E-state index in [1.54, 1.807) is 12.1 Å². The summed E-state index contributed by atoms with van der Waals surface area (Å²) in [6.07, 6.45) is 0.0461. The molecule has 164 valence electrons. The van der Waals surface area contributed by atoms with Gasteiger partial charge in [-0.05, 0) is 31.1 Å². The Bertz CT molecular complexity index is 1030. The third kappa shape index (κ3) is 4.87. The largest absolute Gasteiger partial charge is 0.535 e. The molecule has 0 radical (unpaired) electrons. The van der Waals surface area contributed by atoms with Crippen molar-refractivity contribution in [3.8, 4) is 5.75 Å². The van der Waals surface area contributed by atoms with Crippen molar-refractivity contribution in [3.63, 3.8) is 0 Å². The number of thiazole rings is 1. The van der Waals surface area contributed by atoms with Gasteiger partial charge in [-0.2, -0.15) is 0 Å². The van der Waals surface area contributed by atoms with E-state index in [0.29, 0.717) is 17.7 Å². The van der Waals surface area contributed by atoms with Gasteiger partial charge in [-0.1, -0.05) is 24.2 Å². The first kappa shape index (κ1) is 22.7. The van der Waals surface area contributed by atoms with Crippen LogP contribution in [0, 0.1) is 0 Å². The molecule has 0 saturated heterocycles. The molecule has 0 fully saturated rings. The molecule has 1 aromatic heterocycles. The molecule has 1 aliphatic rings. The lowest BCUT2D eigenvalue weighted by Crippen LogP contribution is -2.37. The Hall–Kier alpha value is -2.96. The molecule has 2 aromatic rings. The third-order valence-corrected chi connectivity index (χ3v) is 5.89. The summed E-state index contributed by atoms with van der Waals surface area (Å²) in [5.74, 6) is -2.22. The van der Waals surface area contributed by atoms with Crippen LogP contribution in [0.3, 0.4) is 0 Å². The topological polar surface area (TPSA) is 159 Å². The molecular formula is C19H23BN4O6S. The number of nitrogen functional groups attached to an aromatic ring is 1. The van der Waals surface area contributed by atoms with E-state index < -0.39 is 24.7 Å². The smallest absolute Gasteiger partial charge is 0.526 e. The summed E-state index contributed by atoms with van der Waals surface area (Å²) in [5.41, 5.74) is 6.64. The summed E-state index contributed by atoms with van der Waals surface area (Å²) < 4.78 is 5.58. The molecule has 0 spiro atoms. The Morgan fingerprint density at radius 3 is 2.77 bits per heavy atom. The number of anilines is 1. The number of fused-ring (bicyclic) bond motifs is 1. The Kier molecular flexibility index (Phi) is 6.93. The standard InChI is InChI=1S/C19H23BN4O6S/c1-3-24(2)8-11-5-4-10-6-12(20(28)30-17(10)15(11)18(26)27)7-14(25)16(23-29)13-9-31-19(21)22-13/h4-5,9,12,28-29H,3,6-8H2,1-2H3,(H2,21,22)(H,26,27)/b23-16-/t12-/m1/s1. The number of carboxylic acid groups (broad SMARTS) is 1. The number of hydrogen-bond donors (Lipinski definition) is 4. The predicted molar refractivity (Wildman–Crippen MR) is 116 cm³/mol. The maximum absolute atomic E-state index is 12.7. The number of oxime groups is 1. The average Bonchev–Trinajstić information content (AvgIpc) is 3.14. The van der Waals surface area contributed by atoms with E-state index in [1.165, 1.54) is 5.38 Å². The minimum atomic E-state index is -1.39. The number of aromatic nitrogens is 1. The highest BCUT2D eigenvalue weighted by Gasteiger charge is 2.39. The SMILES string of the molecule is CCN(C)Cc1ccc2c(c1C(=O)O)OB(O)[C@@H](CC(=O)/C(=N\O)c1csc(N)n1)C2. The van der Waals surface area contributed by atoms with Gasteiger partial charge in [0.15, 0.2) is 16.6 Å². The minimum Gasteiger partial charge on any atom is -0.535 e. The van der Waals surface area contributed by atoms with Crippen molar-refractivity contribution in [3.05, 3.63) is 39.9 Å². The summed E-state index contributed by atoms with van der Waals surface area (Å²) in [5, 5.41) is 34.3. The zero-order valence-corrected chi connectivity index (χ0v) is 17.9. The molecule has 10 nitrogen and oxygen atoms in total. The lowest BCUT2D eigenvalue weighted by Gasteiger charge is -2.29. The van der Waals surface area contributed by atoms with Crippen LogP contribution in [-0.2, 0) is 17.8 Å². The van der Waals surface area contributed by atoms with E-state index in [1.807, 2.05) is 18.9 Å². The first-order chi connectivity index (χ1) is 14.7. The van der Waals surface area contributed by atoms with Crippen LogP contribution in [0.2, 0.25) is 5.82 Å². The van der Waals surface area contributed by atoms with Gasteiger partial charge in [-0.25, -0.2) is 9.78 Å². The van der Waals surface area contributed by atoms with Gasteiger partial charge >= 0.3 is 13.1 Å². The molecule has 0 unspecified atom stereocenters. The van der Waals surface area contributed by atoms with Crippen LogP contribution in [0.1, 0.15) is 40.5 Å². The number of carboxylic acids is 1. The zero-order chi connectivity index (χ0) is 22.7. The molecule has 3 rings (SSSR count). The van der Waals surface area contributed by atoms with Gasteiger partial charge < -0.3 is 30.6 Å². The van der Waals surface area contributed by atoms with Crippen molar-refractivity contribution in [2.45, 2.75) is 32.1 Å². The van der Waals surface area contributed by atoms with Gasteiger partial charge in [0.05, 0.1) is 0 Å². The Morgan fingerprint density at radius 2 is 2.19 bits per heavy atom. The van der Waals surface area contributed by atoms with Gasteiger partial charge in [0.2, 0.25) is 0 Å². The molecule has 0 aliphatic carbocycles. The number of aromatic carboxylic acids is 1. The fourth-order valence-corrected chi connectivity index (χ4v) is 4.03. The summed E-state index contributed by atoms with van der Waals surface area (Å²) in [6, 6.07) is 3.49. The second-order valence-corrected chi connectivity index (χ2v) is 8.23. The average molecular weight is 446 g/mol. The minimum absolute atomic E-state index is 0.0113. The number of carbonyl (C=O) groups is 2. The van der Waals surface area contributed by atoms with E-state index in [0.717, 1.165) is 17.9 Å². The van der Waals surface area contributed by atoms with Gasteiger partial charge in [0.25, 0.3) is 0 Å². The fourth-order valence-electron chi connectivity index (χ4n) is 3.49. The van der Waals surface area contributed by atoms with E-state index in [4.69, 9.17) is 10.4 Å². The number of rotatable bonds is 8. The summed E-state index contributed by atoms with van der Waals surface area (Å²) in [4.78, 5) is 30.5. The van der Waals surface area contributed by atoms with Crippen molar-refractivity contribution in [1.29, 1.82) is 0 Å². The van der Waals surface area contributed by atoms with Gasteiger partial charge in [-0.3, -0.25) is 4.79 Å². The molecule has 31 heavy (non-hydrogen) atoms. The van der Waals surface area contributed by atoms with E-state index >= 15 is 0 Å². The molecule has 5 N–H and O–H groups in total. The van der Waals surface area contributed by atoms with Crippen LogP contribution in [0.15, 0.2) is 22.7 Å². The Morgan fingerprint density at radius 1 is 1.45 bits per heavy atom. The van der Waals surface area contributed by atoms with Crippen molar-refractivity contribution < 1.29 is 29.6 Å². The second-order valence-electron chi connectivity index (χ2n) is 7.34. The number of hydrogen-bond acceptors (Lipinski definition) is 10. The first-order valence-corrected chi connectivity index (χ1v) is 10.5. The summed E-state index contributed by atoms with van der Waals surface area (Å²) >= 11 is 1.10. The monoisotopic (exact) mass is 446 g/mol. The summed E-state index contributed by atoms with van der Waals surface area (Å²) in [7, 11) is 0.479. The highest BCUT2D eigenvalue weighted by Crippen LogP contribution is 2.38. The Labute approximate surface area is 183 Å². The highest BCUT2D eigenvalue weighted by atomic mass is 32.1. The number of carbonyl (C=O) groups excluding carboxylic acids is 1. The van der Waals surface area contributed by atoms with Crippen LogP contribution >= 0.6 is 11.3 Å². The van der Waals surface area contributed by atoms with E-state index in [9.17, 15) is 24.9 Å². The summed E-state index contributed by atoms with van der Waals surface area (Å²) in [6.45, 7) is 3.12. The zero-order valence-electron chi connectivity index (χ0n) is 17.1. The number of Topliss-reactive ketones (excluding diaryl/α,β-unsaturated/α-hetero) is 1. The molecule has 0 saturated carbocycles. The maximum atomic E-state index is 12.7. The molecular weight excluding hydrogens is 423 g/mol. The quantitative estimate of drug-likeness (QED) is 0.204. The number of ketones is 1. The molecule has 1 aliphatic heterocycles. The second kappa shape index (κ2) is 9.46. The lowest BCUT2D eigenvalue weighted by molar-refractivity contribution is -0.113. The normalized spacial score (nSPS) is 16.2. The predicted octanol–water partition coefficient (Wildman–Crippen LogP) is 1.50. The number of benzene rings is 1. The van der Waals surface area contributed by atoms with E-state index in [2.05, 4.69) is 10.1 Å². The molecule has 12 heteroatoms. The van der Waals surface area contributed by atoms with Crippen LogP contribution < -0.4 is 10.4 Å².